The van der Waals surface area contributed by atoms with E-state index >= 15 is 0 Å². The maximum Gasteiger partial charge on any atom is 0.137 e. The predicted molar refractivity (Wildman–Crippen MR) is 63.9 cm³/mol. The largest absolute Gasteiger partial charge is 0.466 e. The van der Waals surface area contributed by atoms with Gasteiger partial charge in [0.1, 0.15) is 5.76 Å². The summed E-state index contributed by atoms with van der Waals surface area (Å²) in [5.74, 6) is 0.901. The van der Waals surface area contributed by atoms with Crippen molar-refractivity contribution >= 4 is 15.9 Å². The molecule has 86 valence electrons. The SMILES string of the molecule is CCCNC(c1occc1Br)C(C)OC. The van der Waals surface area contributed by atoms with Crippen molar-refractivity contribution in [2.75, 3.05) is 13.7 Å². The second-order valence-electron chi connectivity index (χ2n) is 3.51. The molecule has 0 bridgehead atoms. The quantitative estimate of drug-likeness (QED) is 0.866. The highest BCUT2D eigenvalue weighted by Crippen LogP contribution is 2.27. The van der Waals surface area contributed by atoms with Crippen LogP contribution in [0, 0.1) is 0 Å². The van der Waals surface area contributed by atoms with Crippen molar-refractivity contribution in [2.45, 2.75) is 32.4 Å². The molecule has 0 aromatic carbocycles. The van der Waals surface area contributed by atoms with Crippen LogP contribution in [0.5, 0.6) is 0 Å². The second-order valence-corrected chi connectivity index (χ2v) is 4.36. The van der Waals surface area contributed by atoms with Crippen LogP contribution in [0.25, 0.3) is 0 Å². The van der Waals surface area contributed by atoms with Crippen LogP contribution in [0.15, 0.2) is 21.2 Å². The standard InChI is InChI=1S/C11H18BrNO2/c1-4-6-13-10(8(2)14-3)11-9(12)5-7-15-11/h5,7-8,10,13H,4,6H2,1-3H3. The molecule has 0 saturated carbocycles. The van der Waals surface area contributed by atoms with Crippen LogP contribution in [0.4, 0.5) is 0 Å². The van der Waals surface area contributed by atoms with E-state index in [0.29, 0.717) is 0 Å². The molecule has 0 aliphatic carbocycles. The van der Waals surface area contributed by atoms with Crippen LogP contribution in [0.3, 0.4) is 0 Å². The summed E-state index contributed by atoms with van der Waals surface area (Å²) in [7, 11) is 1.71. The van der Waals surface area contributed by atoms with E-state index in [0.717, 1.165) is 23.2 Å². The zero-order valence-corrected chi connectivity index (χ0v) is 11.0. The molecule has 2 unspecified atom stereocenters. The average Bonchev–Trinajstić information content (AvgIpc) is 2.65. The van der Waals surface area contributed by atoms with Crippen molar-refractivity contribution in [1.29, 1.82) is 0 Å². The van der Waals surface area contributed by atoms with Crippen LogP contribution < -0.4 is 5.32 Å². The molecule has 3 nitrogen and oxygen atoms in total. The molecule has 0 amide bonds. The summed E-state index contributed by atoms with van der Waals surface area (Å²) in [6.07, 6.45) is 2.85. The third kappa shape index (κ3) is 3.33. The van der Waals surface area contributed by atoms with E-state index in [9.17, 15) is 0 Å². The first kappa shape index (κ1) is 12.7. The van der Waals surface area contributed by atoms with E-state index in [1.54, 1.807) is 13.4 Å². The van der Waals surface area contributed by atoms with Gasteiger partial charge < -0.3 is 14.5 Å². The topological polar surface area (TPSA) is 34.4 Å². The molecular weight excluding hydrogens is 258 g/mol. The Morgan fingerprint density at radius 3 is 2.80 bits per heavy atom. The van der Waals surface area contributed by atoms with Crippen molar-refractivity contribution in [1.82, 2.24) is 5.32 Å². The molecule has 1 aromatic rings. The summed E-state index contributed by atoms with van der Waals surface area (Å²) in [6, 6.07) is 2.00. The fraction of sp³-hybridized carbons (Fsp3) is 0.636. The molecule has 0 saturated heterocycles. The van der Waals surface area contributed by atoms with E-state index in [4.69, 9.17) is 9.15 Å². The Hall–Kier alpha value is -0.320. The van der Waals surface area contributed by atoms with Gasteiger partial charge >= 0.3 is 0 Å². The first-order chi connectivity index (χ1) is 7.20. The van der Waals surface area contributed by atoms with Gasteiger partial charge in [-0.05, 0) is 41.9 Å². The maximum absolute atomic E-state index is 5.46. The fourth-order valence-electron chi connectivity index (χ4n) is 1.44. The van der Waals surface area contributed by atoms with Gasteiger partial charge in [0, 0.05) is 7.11 Å². The molecule has 1 rings (SSSR count). The first-order valence-electron chi connectivity index (χ1n) is 5.19. The van der Waals surface area contributed by atoms with E-state index in [1.165, 1.54) is 0 Å². The Morgan fingerprint density at radius 1 is 1.60 bits per heavy atom. The highest BCUT2D eigenvalue weighted by Gasteiger charge is 2.23. The Morgan fingerprint density at radius 2 is 2.33 bits per heavy atom. The van der Waals surface area contributed by atoms with Crippen LogP contribution in [0.1, 0.15) is 32.1 Å². The van der Waals surface area contributed by atoms with Gasteiger partial charge in [0.15, 0.2) is 0 Å². The lowest BCUT2D eigenvalue weighted by Crippen LogP contribution is -2.31. The van der Waals surface area contributed by atoms with Crippen molar-refractivity contribution < 1.29 is 9.15 Å². The lowest BCUT2D eigenvalue weighted by molar-refractivity contribution is 0.0751. The summed E-state index contributed by atoms with van der Waals surface area (Å²) in [5, 5.41) is 3.41. The van der Waals surface area contributed by atoms with E-state index in [2.05, 4.69) is 28.2 Å². The van der Waals surface area contributed by atoms with Gasteiger partial charge in [-0.15, -0.1) is 0 Å². The van der Waals surface area contributed by atoms with Crippen LogP contribution >= 0.6 is 15.9 Å². The number of nitrogens with one attached hydrogen (secondary N) is 1. The molecule has 2 atom stereocenters. The normalized spacial score (nSPS) is 15.2. The monoisotopic (exact) mass is 275 g/mol. The number of furan rings is 1. The molecular formula is C11H18BrNO2. The lowest BCUT2D eigenvalue weighted by Gasteiger charge is -2.22. The number of halogens is 1. The summed E-state index contributed by atoms with van der Waals surface area (Å²) >= 11 is 3.47. The van der Waals surface area contributed by atoms with E-state index in [1.807, 2.05) is 13.0 Å². The Bertz CT molecular complexity index is 288. The number of methoxy groups -OCH3 is 1. The Labute approximate surface area is 99.3 Å². The highest BCUT2D eigenvalue weighted by molar-refractivity contribution is 9.10. The molecule has 0 spiro atoms. The van der Waals surface area contributed by atoms with Crippen molar-refractivity contribution in [3.05, 3.63) is 22.6 Å². The minimum absolute atomic E-state index is 0.0824. The fourth-order valence-corrected chi connectivity index (χ4v) is 1.88. The van der Waals surface area contributed by atoms with Gasteiger partial charge in [-0.25, -0.2) is 0 Å². The number of ether oxygens (including phenoxy) is 1. The number of hydrogen-bond donors (Lipinski definition) is 1. The summed E-state index contributed by atoms with van der Waals surface area (Å²) < 4.78 is 11.8. The number of hydrogen-bond acceptors (Lipinski definition) is 3. The summed E-state index contributed by atoms with van der Waals surface area (Å²) in [6.45, 7) is 5.12. The van der Waals surface area contributed by atoms with Gasteiger partial charge in [0.2, 0.25) is 0 Å². The summed E-state index contributed by atoms with van der Waals surface area (Å²) in [4.78, 5) is 0. The zero-order valence-electron chi connectivity index (χ0n) is 9.42. The first-order valence-corrected chi connectivity index (χ1v) is 5.99. The van der Waals surface area contributed by atoms with Gasteiger partial charge in [-0.2, -0.15) is 0 Å². The lowest BCUT2D eigenvalue weighted by atomic mass is 10.1. The third-order valence-electron chi connectivity index (χ3n) is 2.38. The molecule has 0 aliphatic heterocycles. The average molecular weight is 276 g/mol. The van der Waals surface area contributed by atoms with Crippen molar-refractivity contribution in [3.63, 3.8) is 0 Å². The minimum Gasteiger partial charge on any atom is -0.466 e. The summed E-state index contributed by atoms with van der Waals surface area (Å²) in [5.41, 5.74) is 0. The molecule has 0 fully saturated rings. The molecule has 0 aliphatic rings. The Balaban J connectivity index is 2.76. The smallest absolute Gasteiger partial charge is 0.137 e. The van der Waals surface area contributed by atoms with Crippen molar-refractivity contribution in [2.24, 2.45) is 0 Å². The van der Waals surface area contributed by atoms with Gasteiger partial charge in [-0.3, -0.25) is 0 Å². The van der Waals surface area contributed by atoms with Crippen LogP contribution in [-0.4, -0.2) is 19.8 Å². The molecule has 4 heteroatoms. The number of rotatable bonds is 6. The third-order valence-corrected chi connectivity index (χ3v) is 3.04. The minimum atomic E-state index is 0.0824. The van der Waals surface area contributed by atoms with Gasteiger partial charge in [0.05, 0.1) is 22.9 Å². The Kier molecular flexibility index (Phi) is 5.36. The van der Waals surface area contributed by atoms with Crippen molar-refractivity contribution in [3.8, 4) is 0 Å². The van der Waals surface area contributed by atoms with Crippen LogP contribution in [0.2, 0.25) is 0 Å². The van der Waals surface area contributed by atoms with Gasteiger partial charge in [0.25, 0.3) is 0 Å². The molecule has 1 aromatic heterocycles. The molecule has 0 radical (unpaired) electrons. The molecule has 15 heavy (non-hydrogen) atoms. The second kappa shape index (κ2) is 6.30. The van der Waals surface area contributed by atoms with E-state index in [-0.39, 0.29) is 12.1 Å². The van der Waals surface area contributed by atoms with E-state index < -0.39 is 0 Å². The maximum atomic E-state index is 5.46. The predicted octanol–water partition coefficient (Wildman–Crippen LogP) is 3.12. The highest BCUT2D eigenvalue weighted by atomic mass is 79.9. The molecule has 1 heterocycles. The molecule has 1 N–H and O–H groups in total. The van der Waals surface area contributed by atoms with Crippen LogP contribution in [-0.2, 0) is 4.74 Å². The zero-order chi connectivity index (χ0) is 11.3. The van der Waals surface area contributed by atoms with Gasteiger partial charge in [-0.1, -0.05) is 6.92 Å².